The lowest BCUT2D eigenvalue weighted by Gasteiger charge is -2.22. The van der Waals surface area contributed by atoms with Crippen molar-refractivity contribution in [2.45, 2.75) is 19.5 Å². The molecule has 0 aliphatic carbocycles. The number of nitriles is 1. The largest absolute Gasteiger partial charge is 0.354 e. The van der Waals surface area contributed by atoms with Gasteiger partial charge in [-0.1, -0.05) is 30.3 Å². The molecule has 0 saturated heterocycles. The highest BCUT2D eigenvalue weighted by Gasteiger charge is 2.16. The van der Waals surface area contributed by atoms with Gasteiger partial charge in [0, 0.05) is 18.9 Å². The summed E-state index contributed by atoms with van der Waals surface area (Å²) in [5.41, 5.74) is 1.29. The Hall–Kier alpha value is -1.95. The maximum atomic E-state index is 8.83. The molecule has 1 aliphatic heterocycles. The number of hydrogen-bond donors (Lipinski definition) is 0. The summed E-state index contributed by atoms with van der Waals surface area (Å²) in [6.07, 6.45) is 4.03. The molecule has 1 aromatic rings. The molecule has 0 saturated carbocycles. The third-order valence-electron chi connectivity index (χ3n) is 2.73. The van der Waals surface area contributed by atoms with Crippen LogP contribution in [0.1, 0.15) is 12.5 Å². The molecule has 0 aromatic heterocycles. The first-order valence-electron chi connectivity index (χ1n) is 5.41. The standard InChI is InChI=1S/C13H15N3/c1-12(9-14)16-8-7-15(11-16)10-13-5-3-2-4-6-13/h2-8,12H,10-11H2,1H3. The van der Waals surface area contributed by atoms with Gasteiger partial charge >= 0.3 is 0 Å². The fraction of sp³-hybridized carbons (Fsp3) is 0.308. The quantitative estimate of drug-likeness (QED) is 0.770. The highest BCUT2D eigenvalue weighted by Crippen LogP contribution is 2.13. The molecule has 16 heavy (non-hydrogen) atoms. The van der Waals surface area contributed by atoms with E-state index in [4.69, 9.17) is 5.26 Å². The summed E-state index contributed by atoms with van der Waals surface area (Å²) in [6.45, 7) is 3.60. The summed E-state index contributed by atoms with van der Waals surface area (Å²) < 4.78 is 0. The molecule has 0 amide bonds. The maximum Gasteiger partial charge on any atom is 0.115 e. The molecular weight excluding hydrogens is 198 g/mol. The smallest absolute Gasteiger partial charge is 0.115 e. The van der Waals surface area contributed by atoms with E-state index in [0.29, 0.717) is 0 Å². The molecule has 3 heteroatoms. The van der Waals surface area contributed by atoms with Crippen molar-refractivity contribution in [3.8, 4) is 6.07 Å². The third kappa shape index (κ3) is 2.34. The van der Waals surface area contributed by atoms with E-state index in [0.717, 1.165) is 13.2 Å². The topological polar surface area (TPSA) is 30.3 Å². The molecule has 0 bridgehead atoms. The normalized spacial score (nSPS) is 16.2. The van der Waals surface area contributed by atoms with Crippen LogP contribution in [0.4, 0.5) is 0 Å². The lowest BCUT2D eigenvalue weighted by molar-refractivity contribution is 0.242. The van der Waals surface area contributed by atoms with Crippen LogP contribution in [0.5, 0.6) is 0 Å². The van der Waals surface area contributed by atoms with Crippen LogP contribution >= 0.6 is 0 Å². The molecule has 1 aliphatic rings. The van der Waals surface area contributed by atoms with Crippen LogP contribution in [0.2, 0.25) is 0 Å². The van der Waals surface area contributed by atoms with Crippen LogP contribution in [-0.2, 0) is 6.54 Å². The van der Waals surface area contributed by atoms with Crippen molar-refractivity contribution in [2.24, 2.45) is 0 Å². The summed E-state index contributed by atoms with van der Waals surface area (Å²) in [7, 11) is 0. The van der Waals surface area contributed by atoms with Gasteiger partial charge in [-0.15, -0.1) is 0 Å². The van der Waals surface area contributed by atoms with Crippen molar-refractivity contribution < 1.29 is 0 Å². The highest BCUT2D eigenvalue weighted by atomic mass is 15.3. The van der Waals surface area contributed by atoms with E-state index in [9.17, 15) is 0 Å². The predicted octanol–water partition coefficient (Wildman–Crippen LogP) is 2.14. The molecule has 2 rings (SSSR count). The second-order valence-corrected chi connectivity index (χ2v) is 3.99. The second-order valence-electron chi connectivity index (χ2n) is 3.99. The first kappa shape index (κ1) is 10.6. The summed E-state index contributed by atoms with van der Waals surface area (Å²) in [5.74, 6) is 0. The minimum Gasteiger partial charge on any atom is -0.354 e. The van der Waals surface area contributed by atoms with Crippen LogP contribution in [0.25, 0.3) is 0 Å². The lowest BCUT2D eigenvalue weighted by Crippen LogP contribution is -2.30. The van der Waals surface area contributed by atoms with Crippen LogP contribution in [0.15, 0.2) is 42.7 Å². The fourth-order valence-electron chi connectivity index (χ4n) is 1.73. The van der Waals surface area contributed by atoms with Gasteiger partial charge < -0.3 is 9.80 Å². The summed E-state index contributed by atoms with van der Waals surface area (Å²) in [4.78, 5) is 4.23. The molecule has 0 spiro atoms. The molecule has 1 heterocycles. The predicted molar refractivity (Wildman–Crippen MR) is 62.9 cm³/mol. The van der Waals surface area contributed by atoms with Crippen LogP contribution in [0.3, 0.4) is 0 Å². The number of nitrogens with zero attached hydrogens (tertiary/aromatic N) is 3. The molecule has 1 aromatic carbocycles. The Bertz CT molecular complexity index is 405. The highest BCUT2D eigenvalue weighted by molar-refractivity contribution is 5.15. The van der Waals surface area contributed by atoms with E-state index >= 15 is 0 Å². The van der Waals surface area contributed by atoms with Gasteiger partial charge in [0.25, 0.3) is 0 Å². The lowest BCUT2D eigenvalue weighted by atomic mass is 10.2. The van der Waals surface area contributed by atoms with Gasteiger partial charge in [0.2, 0.25) is 0 Å². The Balaban J connectivity index is 1.92. The Kier molecular flexibility index (Phi) is 3.11. The number of benzene rings is 1. The van der Waals surface area contributed by atoms with Crippen LogP contribution < -0.4 is 0 Å². The Morgan fingerprint density at radius 2 is 2.06 bits per heavy atom. The van der Waals surface area contributed by atoms with Crippen LogP contribution in [0, 0.1) is 11.3 Å². The minimum atomic E-state index is -0.0583. The molecule has 0 radical (unpaired) electrons. The van der Waals surface area contributed by atoms with Crippen molar-refractivity contribution in [3.05, 3.63) is 48.3 Å². The maximum absolute atomic E-state index is 8.83. The minimum absolute atomic E-state index is 0.0583. The molecule has 0 fully saturated rings. The Morgan fingerprint density at radius 1 is 1.31 bits per heavy atom. The van der Waals surface area contributed by atoms with Gasteiger partial charge in [-0.25, -0.2) is 0 Å². The molecule has 0 N–H and O–H groups in total. The zero-order chi connectivity index (χ0) is 11.4. The van der Waals surface area contributed by atoms with Crippen molar-refractivity contribution in [1.82, 2.24) is 9.80 Å². The van der Waals surface area contributed by atoms with E-state index in [1.807, 2.05) is 42.4 Å². The van der Waals surface area contributed by atoms with Crippen molar-refractivity contribution in [2.75, 3.05) is 6.67 Å². The second kappa shape index (κ2) is 4.71. The van der Waals surface area contributed by atoms with Crippen molar-refractivity contribution in [3.63, 3.8) is 0 Å². The zero-order valence-electron chi connectivity index (χ0n) is 9.37. The first-order valence-corrected chi connectivity index (χ1v) is 5.41. The van der Waals surface area contributed by atoms with Crippen molar-refractivity contribution in [1.29, 1.82) is 5.26 Å². The van der Waals surface area contributed by atoms with E-state index < -0.39 is 0 Å². The summed E-state index contributed by atoms with van der Waals surface area (Å²) in [5, 5.41) is 8.83. The monoisotopic (exact) mass is 213 g/mol. The van der Waals surface area contributed by atoms with E-state index in [1.54, 1.807) is 0 Å². The zero-order valence-corrected chi connectivity index (χ0v) is 9.37. The summed E-state index contributed by atoms with van der Waals surface area (Å²) >= 11 is 0. The van der Waals surface area contributed by atoms with Gasteiger partial charge in [0.15, 0.2) is 0 Å². The van der Waals surface area contributed by atoms with Gasteiger partial charge in [0.1, 0.15) is 6.04 Å². The molecular formula is C13H15N3. The van der Waals surface area contributed by atoms with Gasteiger partial charge in [-0.2, -0.15) is 5.26 Å². The van der Waals surface area contributed by atoms with E-state index in [-0.39, 0.29) is 6.04 Å². The molecule has 1 unspecified atom stereocenters. The number of rotatable bonds is 3. The average molecular weight is 213 g/mol. The third-order valence-corrected chi connectivity index (χ3v) is 2.73. The van der Waals surface area contributed by atoms with Crippen LogP contribution in [-0.4, -0.2) is 22.5 Å². The SMILES string of the molecule is CC(C#N)N1C=CN(Cc2ccccc2)C1. The fourth-order valence-corrected chi connectivity index (χ4v) is 1.73. The number of hydrogen-bond acceptors (Lipinski definition) is 3. The van der Waals surface area contributed by atoms with Gasteiger partial charge in [-0.05, 0) is 12.5 Å². The van der Waals surface area contributed by atoms with Crippen molar-refractivity contribution >= 4 is 0 Å². The van der Waals surface area contributed by atoms with Gasteiger partial charge in [0.05, 0.1) is 12.7 Å². The molecule has 82 valence electrons. The van der Waals surface area contributed by atoms with E-state index in [2.05, 4.69) is 23.1 Å². The summed E-state index contributed by atoms with van der Waals surface area (Å²) in [6, 6.07) is 12.5. The van der Waals surface area contributed by atoms with E-state index in [1.165, 1.54) is 5.56 Å². The molecule has 1 atom stereocenters. The Labute approximate surface area is 96.2 Å². The Morgan fingerprint density at radius 3 is 2.75 bits per heavy atom. The molecule has 3 nitrogen and oxygen atoms in total. The average Bonchev–Trinajstić information content (AvgIpc) is 2.78. The van der Waals surface area contributed by atoms with Gasteiger partial charge in [-0.3, -0.25) is 0 Å². The first-order chi connectivity index (χ1) is 7.79.